The number of rotatable bonds is 7. The molecule has 2 aliphatic rings. The van der Waals surface area contributed by atoms with Gasteiger partial charge in [-0.15, -0.1) is 0 Å². The second kappa shape index (κ2) is 11.3. The highest BCUT2D eigenvalue weighted by molar-refractivity contribution is 8.26. The third-order valence-corrected chi connectivity index (χ3v) is 8.26. The van der Waals surface area contributed by atoms with Crippen LogP contribution in [0.2, 0.25) is 0 Å². The SMILES string of the molecule is CCn1c(N2CCC(Cc3ccccc3)CC2)c(/C=C2\SC(=S)N(CC(=O)O)C2=O)c(C)c(C#N)c1=O. The van der Waals surface area contributed by atoms with Crippen molar-refractivity contribution >= 4 is 52.1 Å². The number of hydrogen-bond acceptors (Lipinski definition) is 7. The van der Waals surface area contributed by atoms with E-state index in [2.05, 4.69) is 29.2 Å². The largest absolute Gasteiger partial charge is 0.480 e. The van der Waals surface area contributed by atoms with E-state index in [9.17, 15) is 19.6 Å². The lowest BCUT2D eigenvalue weighted by Crippen LogP contribution is -2.39. The third-order valence-electron chi connectivity index (χ3n) is 6.89. The molecule has 2 saturated heterocycles. The summed E-state index contributed by atoms with van der Waals surface area (Å²) in [5, 5.41) is 18.9. The van der Waals surface area contributed by atoms with Gasteiger partial charge in [0.1, 0.15) is 28.3 Å². The molecular weight excluding hydrogens is 508 g/mol. The zero-order valence-corrected chi connectivity index (χ0v) is 22.4. The molecule has 0 atom stereocenters. The first-order valence-corrected chi connectivity index (χ1v) is 13.4. The Labute approximate surface area is 225 Å². The van der Waals surface area contributed by atoms with Gasteiger partial charge in [0.15, 0.2) is 0 Å². The lowest BCUT2D eigenvalue weighted by atomic mass is 9.90. The number of aromatic nitrogens is 1. The van der Waals surface area contributed by atoms with Gasteiger partial charge in [0.2, 0.25) is 0 Å². The fraction of sp³-hybridized carbons (Fsp3) is 0.370. The summed E-state index contributed by atoms with van der Waals surface area (Å²) in [4.78, 5) is 40.9. The first kappa shape index (κ1) is 26.6. The number of pyridine rings is 1. The van der Waals surface area contributed by atoms with Crippen LogP contribution in [0.5, 0.6) is 0 Å². The molecule has 2 aromatic rings. The number of carboxylic acid groups (broad SMARTS) is 1. The molecule has 0 spiro atoms. The Morgan fingerprint density at radius 2 is 1.92 bits per heavy atom. The van der Waals surface area contributed by atoms with Gasteiger partial charge in [0, 0.05) is 25.2 Å². The molecule has 0 radical (unpaired) electrons. The molecule has 10 heteroatoms. The molecule has 2 fully saturated rings. The van der Waals surface area contributed by atoms with Crippen LogP contribution in [0, 0.1) is 24.2 Å². The highest BCUT2D eigenvalue weighted by Crippen LogP contribution is 2.37. The summed E-state index contributed by atoms with van der Waals surface area (Å²) in [6.45, 7) is 4.91. The van der Waals surface area contributed by atoms with Crippen molar-refractivity contribution in [2.45, 2.75) is 39.7 Å². The van der Waals surface area contributed by atoms with Crippen LogP contribution < -0.4 is 10.5 Å². The summed E-state index contributed by atoms with van der Waals surface area (Å²) in [6, 6.07) is 12.4. The second-order valence-electron chi connectivity index (χ2n) is 9.18. The molecule has 37 heavy (non-hydrogen) atoms. The van der Waals surface area contributed by atoms with E-state index in [0.29, 0.717) is 29.4 Å². The normalized spacial score (nSPS) is 17.5. The first-order valence-electron chi connectivity index (χ1n) is 12.2. The van der Waals surface area contributed by atoms with Gasteiger partial charge in [-0.3, -0.25) is 23.9 Å². The van der Waals surface area contributed by atoms with E-state index in [-0.39, 0.29) is 20.3 Å². The van der Waals surface area contributed by atoms with Crippen LogP contribution in [-0.4, -0.2) is 50.4 Å². The standard InChI is InChI=1S/C27H28N4O4S2/c1-3-30-24(29-11-9-19(10-12-29)13-18-7-5-4-6-8-18)20(17(2)21(15-28)25(30)34)14-22-26(35)31(16-23(32)33)27(36)37-22/h4-8,14,19H,3,9-13,16H2,1-2H3,(H,32,33)/b22-14-. The fourth-order valence-corrected chi connectivity index (χ4v) is 6.21. The summed E-state index contributed by atoms with van der Waals surface area (Å²) >= 11 is 6.28. The number of aliphatic carboxylic acids is 1. The van der Waals surface area contributed by atoms with Gasteiger partial charge in [-0.2, -0.15) is 5.26 Å². The summed E-state index contributed by atoms with van der Waals surface area (Å²) in [7, 11) is 0. The van der Waals surface area contributed by atoms with Crippen molar-refractivity contribution in [3.05, 3.63) is 67.8 Å². The van der Waals surface area contributed by atoms with E-state index < -0.39 is 18.4 Å². The zero-order valence-electron chi connectivity index (χ0n) is 20.8. The van der Waals surface area contributed by atoms with Crippen LogP contribution in [0.1, 0.15) is 42.0 Å². The first-order chi connectivity index (χ1) is 17.7. The van der Waals surface area contributed by atoms with Crippen LogP contribution in [0.3, 0.4) is 0 Å². The Bertz CT molecular complexity index is 1370. The van der Waals surface area contributed by atoms with Gasteiger partial charge in [0.05, 0.1) is 4.91 Å². The topological polar surface area (TPSA) is 107 Å². The number of carbonyl (C=O) groups excluding carboxylic acids is 1. The Balaban J connectivity index is 1.71. The molecule has 4 rings (SSSR count). The van der Waals surface area contributed by atoms with Crippen molar-refractivity contribution in [2.24, 2.45) is 5.92 Å². The lowest BCUT2D eigenvalue weighted by molar-refractivity contribution is -0.140. The molecule has 1 aromatic heterocycles. The van der Waals surface area contributed by atoms with Gasteiger partial charge < -0.3 is 10.0 Å². The summed E-state index contributed by atoms with van der Waals surface area (Å²) < 4.78 is 1.77. The maximum atomic E-state index is 13.2. The van der Waals surface area contributed by atoms with Gasteiger partial charge in [-0.1, -0.05) is 54.3 Å². The van der Waals surface area contributed by atoms with E-state index in [1.54, 1.807) is 17.6 Å². The minimum atomic E-state index is -1.15. The summed E-state index contributed by atoms with van der Waals surface area (Å²) in [5.41, 5.74) is 2.12. The number of carboxylic acids is 1. The number of amides is 1. The molecule has 0 aliphatic carbocycles. The van der Waals surface area contributed by atoms with Crippen molar-refractivity contribution < 1.29 is 14.7 Å². The van der Waals surface area contributed by atoms with Gasteiger partial charge in [-0.25, -0.2) is 0 Å². The van der Waals surface area contributed by atoms with Gasteiger partial charge in [-0.05, 0) is 56.2 Å². The maximum absolute atomic E-state index is 13.2. The monoisotopic (exact) mass is 536 g/mol. The summed E-state index contributed by atoms with van der Waals surface area (Å²) in [5.74, 6) is -0.433. The highest BCUT2D eigenvalue weighted by atomic mass is 32.2. The Morgan fingerprint density at radius 1 is 1.24 bits per heavy atom. The minimum absolute atomic E-state index is 0.0387. The van der Waals surface area contributed by atoms with Crippen molar-refractivity contribution in [2.75, 3.05) is 24.5 Å². The van der Waals surface area contributed by atoms with Crippen molar-refractivity contribution in [1.82, 2.24) is 9.47 Å². The molecule has 2 aliphatic heterocycles. The molecule has 1 amide bonds. The van der Waals surface area contributed by atoms with Crippen LogP contribution in [-0.2, 0) is 22.6 Å². The van der Waals surface area contributed by atoms with E-state index in [1.807, 2.05) is 19.1 Å². The minimum Gasteiger partial charge on any atom is -0.480 e. The van der Waals surface area contributed by atoms with E-state index in [1.165, 1.54) is 5.56 Å². The Morgan fingerprint density at radius 3 is 2.51 bits per heavy atom. The van der Waals surface area contributed by atoms with Crippen molar-refractivity contribution in [3.8, 4) is 6.07 Å². The maximum Gasteiger partial charge on any atom is 0.323 e. The van der Waals surface area contributed by atoms with Gasteiger partial charge >= 0.3 is 5.97 Å². The summed E-state index contributed by atoms with van der Waals surface area (Å²) in [6.07, 6.45) is 4.56. The zero-order chi connectivity index (χ0) is 26.7. The number of carbonyl (C=O) groups is 2. The number of thioether (sulfide) groups is 1. The number of nitrogens with zero attached hydrogens (tertiary/aromatic N) is 4. The van der Waals surface area contributed by atoms with Crippen LogP contribution in [0.15, 0.2) is 40.0 Å². The number of hydrogen-bond donors (Lipinski definition) is 1. The van der Waals surface area contributed by atoms with E-state index >= 15 is 0 Å². The highest BCUT2D eigenvalue weighted by Gasteiger charge is 2.34. The predicted octanol–water partition coefficient (Wildman–Crippen LogP) is 3.79. The molecule has 1 N–H and O–H groups in total. The van der Waals surface area contributed by atoms with Crippen LogP contribution in [0.4, 0.5) is 5.82 Å². The third kappa shape index (κ3) is 5.48. The molecule has 0 saturated carbocycles. The number of anilines is 1. The lowest BCUT2D eigenvalue weighted by Gasteiger charge is -2.36. The number of thiocarbonyl (C=S) groups is 1. The van der Waals surface area contributed by atoms with Crippen LogP contribution in [0.25, 0.3) is 6.08 Å². The van der Waals surface area contributed by atoms with E-state index in [0.717, 1.165) is 49.0 Å². The molecule has 0 bridgehead atoms. The predicted molar refractivity (Wildman–Crippen MR) is 148 cm³/mol. The number of nitriles is 1. The van der Waals surface area contributed by atoms with Crippen molar-refractivity contribution in [1.29, 1.82) is 5.26 Å². The Kier molecular flexibility index (Phi) is 8.15. The van der Waals surface area contributed by atoms with Gasteiger partial charge in [0.25, 0.3) is 11.5 Å². The molecule has 3 heterocycles. The fourth-order valence-electron chi connectivity index (χ4n) is 4.98. The molecule has 0 unspecified atom stereocenters. The van der Waals surface area contributed by atoms with E-state index in [4.69, 9.17) is 17.3 Å². The molecule has 192 valence electrons. The molecular formula is C27H28N4O4S2. The number of piperidine rings is 1. The quantitative estimate of drug-likeness (QED) is 0.421. The average Bonchev–Trinajstić information content (AvgIpc) is 3.14. The number of benzene rings is 1. The Hall–Kier alpha value is -3.42. The van der Waals surface area contributed by atoms with Crippen LogP contribution >= 0.6 is 24.0 Å². The molecule has 1 aromatic carbocycles. The smallest absolute Gasteiger partial charge is 0.323 e. The molecule has 8 nitrogen and oxygen atoms in total. The average molecular weight is 537 g/mol. The van der Waals surface area contributed by atoms with Crippen molar-refractivity contribution in [3.63, 3.8) is 0 Å². The second-order valence-corrected chi connectivity index (χ2v) is 10.9.